The molecular formula is C7H15NO2Si. The summed E-state index contributed by atoms with van der Waals surface area (Å²) in [7, 11) is -0.364. The maximum atomic E-state index is 10.8. The largest absolute Gasteiger partial charge is 0.462 e. The van der Waals surface area contributed by atoms with Gasteiger partial charge in [-0.2, -0.15) is 0 Å². The zero-order valence-corrected chi connectivity index (χ0v) is 8.34. The molecule has 0 saturated carbocycles. The van der Waals surface area contributed by atoms with Crippen molar-refractivity contribution in [3.05, 3.63) is 12.2 Å². The van der Waals surface area contributed by atoms with Crippen LogP contribution in [0.3, 0.4) is 0 Å². The van der Waals surface area contributed by atoms with Crippen molar-refractivity contribution < 1.29 is 9.53 Å². The zero-order valence-electron chi connectivity index (χ0n) is 6.93. The van der Waals surface area contributed by atoms with Crippen LogP contribution < -0.4 is 5.40 Å². The summed E-state index contributed by atoms with van der Waals surface area (Å²) in [5.41, 5.74) is 0.454. The Kier molecular flexibility index (Phi) is 5.78. The van der Waals surface area contributed by atoms with Crippen LogP contribution in [0.1, 0.15) is 13.3 Å². The summed E-state index contributed by atoms with van der Waals surface area (Å²) in [6.45, 7) is 5.58. The number of ether oxygens (including phenoxy) is 1. The minimum absolute atomic E-state index is 0.302. The van der Waals surface area contributed by atoms with Crippen LogP contribution in [0.25, 0.3) is 0 Å². The molecule has 0 aromatic carbocycles. The summed E-state index contributed by atoms with van der Waals surface area (Å²) in [4.78, 5) is 10.8. The average Bonchev–Trinajstić information content (AvgIpc) is 1.97. The second kappa shape index (κ2) is 6.12. The molecule has 0 radical (unpaired) electrons. The molecule has 0 atom stereocenters. The molecule has 0 aliphatic heterocycles. The average molecular weight is 173 g/mol. The lowest BCUT2D eigenvalue weighted by Crippen LogP contribution is -2.09. The molecule has 2 N–H and O–H groups in total. The van der Waals surface area contributed by atoms with Crippen molar-refractivity contribution in [3.63, 3.8) is 0 Å². The van der Waals surface area contributed by atoms with E-state index in [9.17, 15) is 4.79 Å². The number of esters is 1. The van der Waals surface area contributed by atoms with Crippen molar-refractivity contribution >= 4 is 15.7 Å². The maximum absolute atomic E-state index is 10.8. The lowest BCUT2D eigenvalue weighted by molar-refractivity contribution is -0.138. The first-order valence-electron chi connectivity index (χ1n) is 3.71. The van der Waals surface area contributed by atoms with E-state index in [-0.39, 0.29) is 15.7 Å². The number of rotatable bonds is 5. The fourth-order valence-corrected chi connectivity index (χ4v) is 1.03. The van der Waals surface area contributed by atoms with Crippen molar-refractivity contribution in [2.75, 3.05) is 6.61 Å². The van der Waals surface area contributed by atoms with Crippen molar-refractivity contribution in [1.29, 1.82) is 0 Å². The maximum Gasteiger partial charge on any atom is 0.333 e. The van der Waals surface area contributed by atoms with E-state index in [1.807, 2.05) is 0 Å². The normalized spacial score (nSPS) is 10.4. The van der Waals surface area contributed by atoms with E-state index in [0.29, 0.717) is 12.2 Å². The van der Waals surface area contributed by atoms with Crippen molar-refractivity contribution in [2.24, 2.45) is 5.40 Å². The predicted octanol–water partition coefficient (Wildman–Crippen LogP) is -0.0434. The van der Waals surface area contributed by atoms with Crippen LogP contribution in [0.15, 0.2) is 12.2 Å². The molecule has 64 valence electrons. The van der Waals surface area contributed by atoms with E-state index in [1.54, 1.807) is 6.92 Å². The highest BCUT2D eigenvalue weighted by molar-refractivity contribution is 6.30. The van der Waals surface area contributed by atoms with Crippen LogP contribution >= 0.6 is 0 Å². The van der Waals surface area contributed by atoms with Gasteiger partial charge in [0.25, 0.3) is 0 Å². The summed E-state index contributed by atoms with van der Waals surface area (Å²) >= 11 is 0. The third-order valence-electron chi connectivity index (χ3n) is 1.18. The molecule has 0 aromatic rings. The van der Waals surface area contributed by atoms with E-state index >= 15 is 0 Å². The van der Waals surface area contributed by atoms with Crippen LogP contribution in [0.2, 0.25) is 6.04 Å². The van der Waals surface area contributed by atoms with Crippen LogP contribution in [-0.4, -0.2) is 22.3 Å². The first-order chi connectivity index (χ1) is 5.18. The number of carbonyl (C=O) groups excluding carboxylic acids is 1. The summed E-state index contributed by atoms with van der Waals surface area (Å²) in [6, 6.07) is 1.03. The van der Waals surface area contributed by atoms with Crippen LogP contribution in [0, 0.1) is 0 Å². The third-order valence-corrected chi connectivity index (χ3v) is 2.09. The highest BCUT2D eigenvalue weighted by Crippen LogP contribution is 1.94. The standard InChI is InChI=1S/C7H15NO2Si/c1-6(2)7(9)10-4-3-5-11-8/h1,3-5,8,11H2,2H3. The highest BCUT2D eigenvalue weighted by Gasteiger charge is 2.00. The summed E-state index contributed by atoms with van der Waals surface area (Å²) < 4.78 is 4.83. The SMILES string of the molecule is C=C(C)C(=O)OCCC[SiH2]N. The molecule has 0 saturated heterocycles. The first-order valence-corrected chi connectivity index (χ1v) is 5.53. The van der Waals surface area contributed by atoms with Gasteiger partial charge in [0.05, 0.1) is 16.3 Å². The fourth-order valence-electron chi connectivity index (χ4n) is 0.534. The van der Waals surface area contributed by atoms with Crippen LogP contribution in [0.4, 0.5) is 0 Å². The summed E-state index contributed by atoms with van der Waals surface area (Å²) in [6.07, 6.45) is 0.891. The minimum Gasteiger partial charge on any atom is -0.462 e. The Hall–Kier alpha value is -0.613. The van der Waals surface area contributed by atoms with Crippen molar-refractivity contribution in [1.82, 2.24) is 0 Å². The zero-order chi connectivity index (χ0) is 8.69. The van der Waals surface area contributed by atoms with E-state index in [4.69, 9.17) is 10.1 Å². The molecule has 0 amide bonds. The van der Waals surface area contributed by atoms with Crippen molar-refractivity contribution in [3.8, 4) is 0 Å². The molecule has 11 heavy (non-hydrogen) atoms. The number of carbonyl (C=O) groups is 1. The summed E-state index contributed by atoms with van der Waals surface area (Å²) in [5.74, 6) is -0.302. The second-order valence-corrected chi connectivity index (χ2v) is 3.70. The number of nitrogens with two attached hydrogens (primary N) is 1. The number of hydrogen-bond donors (Lipinski definition) is 1. The Morgan fingerprint density at radius 1 is 1.73 bits per heavy atom. The van der Waals surface area contributed by atoms with Gasteiger partial charge in [-0.1, -0.05) is 6.58 Å². The lowest BCUT2D eigenvalue weighted by atomic mass is 10.4. The Labute approximate surface area is 69.5 Å². The van der Waals surface area contributed by atoms with E-state index in [0.717, 1.165) is 12.5 Å². The van der Waals surface area contributed by atoms with Crippen molar-refractivity contribution in [2.45, 2.75) is 19.4 Å². The van der Waals surface area contributed by atoms with Gasteiger partial charge in [-0.05, 0) is 19.4 Å². The summed E-state index contributed by atoms with van der Waals surface area (Å²) in [5, 5.41) is 5.39. The van der Waals surface area contributed by atoms with Gasteiger partial charge in [0, 0.05) is 5.57 Å². The highest BCUT2D eigenvalue weighted by atomic mass is 28.2. The van der Waals surface area contributed by atoms with Crippen LogP contribution in [0.5, 0.6) is 0 Å². The third kappa shape index (κ3) is 5.81. The molecule has 0 unspecified atom stereocenters. The van der Waals surface area contributed by atoms with Gasteiger partial charge >= 0.3 is 5.97 Å². The predicted molar refractivity (Wildman–Crippen MR) is 47.9 cm³/mol. The molecule has 0 heterocycles. The van der Waals surface area contributed by atoms with Gasteiger partial charge in [-0.25, -0.2) is 4.79 Å². The number of hydrogen-bond acceptors (Lipinski definition) is 3. The molecular weight excluding hydrogens is 158 g/mol. The minimum atomic E-state index is -0.364. The molecule has 3 nitrogen and oxygen atoms in total. The molecule has 4 heteroatoms. The van der Waals surface area contributed by atoms with E-state index < -0.39 is 0 Å². The smallest absolute Gasteiger partial charge is 0.333 e. The van der Waals surface area contributed by atoms with Gasteiger partial charge in [-0.3, -0.25) is 0 Å². The Balaban J connectivity index is 3.25. The topological polar surface area (TPSA) is 52.3 Å². The fraction of sp³-hybridized carbons (Fsp3) is 0.571. The molecule has 0 aromatic heterocycles. The molecule has 0 spiro atoms. The van der Waals surface area contributed by atoms with Crippen LogP contribution in [-0.2, 0) is 9.53 Å². The molecule has 0 bridgehead atoms. The lowest BCUT2D eigenvalue weighted by Gasteiger charge is -2.01. The Bertz CT molecular complexity index is 147. The molecule has 0 aliphatic rings. The molecule has 0 aliphatic carbocycles. The van der Waals surface area contributed by atoms with Gasteiger partial charge in [0.1, 0.15) is 0 Å². The van der Waals surface area contributed by atoms with Gasteiger partial charge in [0.15, 0.2) is 0 Å². The monoisotopic (exact) mass is 173 g/mol. The quantitative estimate of drug-likeness (QED) is 0.275. The Morgan fingerprint density at radius 2 is 2.36 bits per heavy atom. The van der Waals surface area contributed by atoms with Gasteiger partial charge < -0.3 is 10.1 Å². The molecule has 0 fully saturated rings. The van der Waals surface area contributed by atoms with Gasteiger partial charge in [-0.15, -0.1) is 0 Å². The van der Waals surface area contributed by atoms with E-state index in [2.05, 4.69) is 6.58 Å². The molecule has 0 rings (SSSR count). The van der Waals surface area contributed by atoms with E-state index in [1.165, 1.54) is 0 Å². The first kappa shape index (κ1) is 10.4. The Morgan fingerprint density at radius 3 is 2.82 bits per heavy atom. The van der Waals surface area contributed by atoms with Gasteiger partial charge in [0.2, 0.25) is 0 Å². The second-order valence-electron chi connectivity index (χ2n) is 2.41.